The molecule has 1 aliphatic carbocycles. The molecule has 156 valence electrons. The number of rotatable bonds is 6. The number of halogens is 1. The first-order chi connectivity index (χ1) is 13.5. The zero-order valence-electron chi connectivity index (χ0n) is 16.4. The molecule has 1 unspecified atom stereocenters. The van der Waals surface area contributed by atoms with Gasteiger partial charge in [0.05, 0.1) is 4.90 Å². The summed E-state index contributed by atoms with van der Waals surface area (Å²) in [5.41, 5.74) is 0. The van der Waals surface area contributed by atoms with Crippen molar-refractivity contribution in [2.24, 2.45) is 11.8 Å². The Bertz CT molecular complexity index is 743. The molecule has 1 N–H and O–H groups in total. The van der Waals surface area contributed by atoms with E-state index in [0.717, 1.165) is 38.5 Å². The van der Waals surface area contributed by atoms with Crippen molar-refractivity contribution in [2.75, 3.05) is 19.6 Å². The average molecular weight is 411 g/mol. The summed E-state index contributed by atoms with van der Waals surface area (Å²) >= 11 is 0. The van der Waals surface area contributed by atoms with E-state index in [9.17, 15) is 17.6 Å². The Balaban J connectivity index is 1.44. The fraction of sp³-hybridized carbons (Fsp3) is 0.667. The molecule has 28 heavy (non-hydrogen) atoms. The predicted molar refractivity (Wildman–Crippen MR) is 107 cm³/mol. The summed E-state index contributed by atoms with van der Waals surface area (Å²) < 4.78 is 39.9. The van der Waals surface area contributed by atoms with Gasteiger partial charge in [0, 0.05) is 25.6 Å². The van der Waals surface area contributed by atoms with E-state index >= 15 is 0 Å². The lowest BCUT2D eigenvalue weighted by Crippen LogP contribution is -2.33. The second-order valence-corrected chi connectivity index (χ2v) is 10.0. The lowest BCUT2D eigenvalue weighted by Gasteiger charge is -2.20. The number of nitrogens with zero attached hydrogens (tertiary/aromatic N) is 1. The molecule has 0 radical (unpaired) electrons. The van der Waals surface area contributed by atoms with Crippen LogP contribution in [-0.4, -0.2) is 38.3 Å². The van der Waals surface area contributed by atoms with E-state index in [-0.39, 0.29) is 22.6 Å². The van der Waals surface area contributed by atoms with Crippen molar-refractivity contribution < 1.29 is 17.6 Å². The minimum atomic E-state index is -3.58. The van der Waals surface area contributed by atoms with Crippen molar-refractivity contribution in [3.8, 4) is 0 Å². The average Bonchev–Trinajstić information content (AvgIpc) is 3.11. The number of nitrogens with one attached hydrogen (secondary N) is 1. The van der Waals surface area contributed by atoms with Gasteiger partial charge >= 0.3 is 0 Å². The topological polar surface area (TPSA) is 66.5 Å². The summed E-state index contributed by atoms with van der Waals surface area (Å²) in [6, 6.07) is 4.97. The molecule has 0 aromatic heterocycles. The fourth-order valence-corrected chi connectivity index (χ4v) is 5.80. The molecule has 1 aromatic carbocycles. The van der Waals surface area contributed by atoms with Crippen LogP contribution in [0.5, 0.6) is 0 Å². The largest absolute Gasteiger partial charge is 0.356 e. The number of amides is 1. The van der Waals surface area contributed by atoms with Gasteiger partial charge in [0.15, 0.2) is 0 Å². The number of sulfonamides is 1. The van der Waals surface area contributed by atoms with E-state index < -0.39 is 15.8 Å². The Morgan fingerprint density at radius 2 is 1.68 bits per heavy atom. The van der Waals surface area contributed by atoms with Crippen LogP contribution in [0.25, 0.3) is 0 Å². The van der Waals surface area contributed by atoms with Gasteiger partial charge in [-0.05, 0) is 55.9 Å². The van der Waals surface area contributed by atoms with Crippen LogP contribution in [0, 0.1) is 17.7 Å². The molecule has 1 aliphatic heterocycles. The molecule has 5 nitrogen and oxygen atoms in total. The second-order valence-electron chi connectivity index (χ2n) is 8.09. The van der Waals surface area contributed by atoms with Gasteiger partial charge in [-0.2, -0.15) is 4.31 Å². The van der Waals surface area contributed by atoms with Crippen LogP contribution in [0.3, 0.4) is 0 Å². The van der Waals surface area contributed by atoms with E-state index in [1.807, 2.05) is 0 Å². The van der Waals surface area contributed by atoms with Crippen LogP contribution < -0.4 is 5.32 Å². The fourth-order valence-electron chi connectivity index (χ4n) is 4.27. The number of benzene rings is 1. The van der Waals surface area contributed by atoms with Gasteiger partial charge in [0.2, 0.25) is 15.9 Å². The van der Waals surface area contributed by atoms with E-state index in [0.29, 0.717) is 19.6 Å². The summed E-state index contributed by atoms with van der Waals surface area (Å²) in [4.78, 5) is 12.6. The minimum absolute atomic E-state index is 0.132. The van der Waals surface area contributed by atoms with Crippen LogP contribution in [0.4, 0.5) is 4.39 Å². The highest BCUT2D eigenvalue weighted by molar-refractivity contribution is 7.89. The van der Waals surface area contributed by atoms with Crippen LogP contribution in [-0.2, 0) is 14.8 Å². The zero-order chi connectivity index (χ0) is 20.0. The summed E-state index contributed by atoms with van der Waals surface area (Å²) in [6.07, 6.45) is 9.56. The van der Waals surface area contributed by atoms with Gasteiger partial charge in [0.25, 0.3) is 0 Å². The molecule has 1 saturated heterocycles. The first-order valence-electron chi connectivity index (χ1n) is 10.5. The minimum Gasteiger partial charge on any atom is -0.356 e. The molecular formula is C21H31FN2O3S. The molecule has 1 heterocycles. The zero-order valence-corrected chi connectivity index (χ0v) is 17.2. The smallest absolute Gasteiger partial charge is 0.243 e. The van der Waals surface area contributed by atoms with E-state index in [2.05, 4.69) is 5.32 Å². The third-order valence-electron chi connectivity index (χ3n) is 6.03. The summed E-state index contributed by atoms with van der Waals surface area (Å²) in [5, 5.41) is 3.07. The molecule has 7 heteroatoms. The van der Waals surface area contributed by atoms with Crippen molar-refractivity contribution >= 4 is 15.9 Å². The van der Waals surface area contributed by atoms with E-state index in [1.165, 1.54) is 47.8 Å². The molecular weight excluding hydrogens is 379 g/mol. The summed E-state index contributed by atoms with van der Waals surface area (Å²) in [6.45, 7) is 1.53. The number of carbonyl (C=O) groups is 1. The molecule has 0 bridgehead atoms. The van der Waals surface area contributed by atoms with Crippen LogP contribution in [0.2, 0.25) is 0 Å². The van der Waals surface area contributed by atoms with E-state index in [1.54, 1.807) is 0 Å². The molecule has 1 saturated carbocycles. The molecule has 1 amide bonds. The predicted octanol–water partition coefficient (Wildman–Crippen LogP) is 3.70. The van der Waals surface area contributed by atoms with Crippen molar-refractivity contribution in [1.29, 1.82) is 0 Å². The standard InChI is InChI=1S/C21H31FN2O3S/c22-19-8-10-20(11-9-19)28(26,27)24-15-13-17(16-24)12-14-23-21(25)18-6-4-2-1-3-5-7-18/h8-11,17-18H,1-7,12-16H2,(H,23,25). The molecule has 3 rings (SSSR count). The molecule has 1 aromatic rings. The van der Waals surface area contributed by atoms with Crippen molar-refractivity contribution in [3.05, 3.63) is 30.1 Å². The van der Waals surface area contributed by atoms with Gasteiger partial charge in [-0.1, -0.05) is 32.1 Å². The SMILES string of the molecule is O=C(NCCC1CCN(S(=O)(=O)c2ccc(F)cc2)C1)C1CCCCCCC1. The molecule has 2 aliphatic rings. The first-order valence-corrected chi connectivity index (χ1v) is 11.9. The normalized spacial score (nSPS) is 22.5. The highest BCUT2D eigenvalue weighted by atomic mass is 32.2. The van der Waals surface area contributed by atoms with E-state index in [4.69, 9.17) is 0 Å². The Labute approximate surface area is 167 Å². The number of hydrogen-bond donors (Lipinski definition) is 1. The van der Waals surface area contributed by atoms with Crippen LogP contribution >= 0.6 is 0 Å². The first kappa shape index (κ1) is 21.2. The summed E-state index contributed by atoms with van der Waals surface area (Å²) in [7, 11) is -3.58. The molecule has 1 atom stereocenters. The maximum absolute atomic E-state index is 13.1. The Morgan fingerprint density at radius 3 is 2.36 bits per heavy atom. The highest BCUT2D eigenvalue weighted by Gasteiger charge is 2.32. The van der Waals surface area contributed by atoms with Crippen molar-refractivity contribution in [3.63, 3.8) is 0 Å². The maximum atomic E-state index is 13.1. The summed E-state index contributed by atoms with van der Waals surface area (Å²) in [5.74, 6) is 0.0982. The van der Waals surface area contributed by atoms with Crippen molar-refractivity contribution in [1.82, 2.24) is 9.62 Å². The van der Waals surface area contributed by atoms with Crippen LogP contribution in [0.1, 0.15) is 57.8 Å². The van der Waals surface area contributed by atoms with Gasteiger partial charge in [-0.3, -0.25) is 4.79 Å². The Hall–Kier alpha value is -1.47. The van der Waals surface area contributed by atoms with Gasteiger partial charge in [-0.25, -0.2) is 12.8 Å². The Morgan fingerprint density at radius 1 is 1.04 bits per heavy atom. The van der Waals surface area contributed by atoms with Crippen molar-refractivity contribution in [2.45, 2.75) is 62.7 Å². The second kappa shape index (κ2) is 9.83. The lowest BCUT2D eigenvalue weighted by atomic mass is 9.90. The highest BCUT2D eigenvalue weighted by Crippen LogP contribution is 2.26. The quantitative estimate of drug-likeness (QED) is 0.778. The third kappa shape index (κ3) is 5.54. The molecule has 0 spiro atoms. The Kier molecular flexibility index (Phi) is 7.46. The lowest BCUT2D eigenvalue weighted by molar-refractivity contribution is -0.125. The van der Waals surface area contributed by atoms with Crippen LogP contribution in [0.15, 0.2) is 29.2 Å². The third-order valence-corrected chi connectivity index (χ3v) is 7.91. The van der Waals surface area contributed by atoms with Gasteiger partial charge < -0.3 is 5.32 Å². The monoisotopic (exact) mass is 410 g/mol. The molecule has 2 fully saturated rings. The van der Waals surface area contributed by atoms with Gasteiger partial charge in [-0.15, -0.1) is 0 Å². The maximum Gasteiger partial charge on any atom is 0.243 e. The number of carbonyl (C=O) groups excluding carboxylic acids is 1. The number of hydrogen-bond acceptors (Lipinski definition) is 3. The van der Waals surface area contributed by atoms with Gasteiger partial charge in [0.1, 0.15) is 5.82 Å².